The first-order valence-electron chi connectivity index (χ1n) is 16.8. The molecule has 0 saturated carbocycles. The van der Waals surface area contributed by atoms with Gasteiger partial charge in [0.05, 0.1) is 6.10 Å². The average molecular weight is 756 g/mol. The van der Waals surface area contributed by atoms with Gasteiger partial charge in [0.2, 0.25) is 11.8 Å². The van der Waals surface area contributed by atoms with E-state index in [-0.39, 0.29) is 13.2 Å². The minimum atomic E-state index is -1.87. The molecule has 0 aliphatic heterocycles. The lowest BCUT2D eigenvalue weighted by molar-refractivity contribution is -0.149. The summed E-state index contributed by atoms with van der Waals surface area (Å²) >= 11 is 0. The predicted octanol–water partition coefficient (Wildman–Crippen LogP) is 0.787. The second-order valence-electron chi connectivity index (χ2n) is 12.0. The number of aliphatic hydroxyl groups excluding tert-OH is 1. The first-order chi connectivity index (χ1) is 25.6. The van der Waals surface area contributed by atoms with E-state index < -0.39 is 97.2 Å². The number of carboxylic acids is 2. The lowest BCUT2D eigenvalue weighted by Gasteiger charge is -2.29. The molecule has 2 aromatic rings. The normalized spacial score (nSPS) is 13.6. The number of rotatable bonds is 20. The molecule has 0 radical (unpaired) electrons. The number of alkyl carbamates (subject to hydrolysis) is 1. The van der Waals surface area contributed by atoms with Gasteiger partial charge in [0, 0.05) is 18.6 Å². The van der Waals surface area contributed by atoms with E-state index >= 15 is 0 Å². The number of aliphatic carboxylic acids is 2. The summed E-state index contributed by atoms with van der Waals surface area (Å²) in [5.74, 6) is -8.82. The van der Waals surface area contributed by atoms with Gasteiger partial charge in [-0.05, 0) is 30.4 Å². The van der Waals surface area contributed by atoms with Crippen molar-refractivity contribution in [3.8, 4) is 0 Å². The van der Waals surface area contributed by atoms with Crippen LogP contribution >= 0.6 is 0 Å². The van der Waals surface area contributed by atoms with Crippen molar-refractivity contribution in [1.82, 2.24) is 26.4 Å². The van der Waals surface area contributed by atoms with Gasteiger partial charge < -0.3 is 40.7 Å². The summed E-state index contributed by atoms with van der Waals surface area (Å²) in [4.78, 5) is 100. The molecule has 2 rings (SSSR count). The third-order valence-corrected chi connectivity index (χ3v) is 7.71. The first-order valence-corrected chi connectivity index (χ1v) is 16.8. The molecule has 5 atom stereocenters. The van der Waals surface area contributed by atoms with Crippen LogP contribution in [0.4, 0.5) is 4.79 Å². The molecular formula is C36H45N5O13. The Hall–Kier alpha value is -6.30. The van der Waals surface area contributed by atoms with E-state index in [1.807, 2.05) is 5.43 Å². The number of carbonyl (C=O) groups is 8. The monoisotopic (exact) mass is 755 g/mol. The smallest absolute Gasteiger partial charge is 0.408 e. The van der Waals surface area contributed by atoms with E-state index in [2.05, 4.69) is 16.0 Å². The maximum Gasteiger partial charge on any atom is 0.408 e. The molecule has 0 aliphatic carbocycles. The molecule has 0 aromatic heterocycles. The van der Waals surface area contributed by atoms with Gasteiger partial charge in [-0.3, -0.25) is 34.2 Å². The minimum absolute atomic E-state index is 0.0962. The number of carboxylic acid groups (broad SMARTS) is 2. The fraction of sp³-hybridized carbons (Fsp3) is 0.389. The van der Waals surface area contributed by atoms with E-state index in [1.165, 1.54) is 0 Å². The van der Waals surface area contributed by atoms with Crippen LogP contribution in [0.2, 0.25) is 0 Å². The maximum atomic E-state index is 13.4. The van der Waals surface area contributed by atoms with Crippen LogP contribution in [0.1, 0.15) is 51.2 Å². The van der Waals surface area contributed by atoms with Gasteiger partial charge in [-0.15, -0.1) is 0 Å². The van der Waals surface area contributed by atoms with Crippen molar-refractivity contribution in [2.75, 3.05) is 6.54 Å². The van der Waals surface area contributed by atoms with Gasteiger partial charge in [0.15, 0.2) is 0 Å². The lowest BCUT2D eigenvalue weighted by Crippen LogP contribution is -2.61. The van der Waals surface area contributed by atoms with Crippen LogP contribution in [0, 0.1) is 5.92 Å². The number of hydrogen-bond donors (Lipinski definition) is 7. The van der Waals surface area contributed by atoms with Crippen LogP contribution in [0.25, 0.3) is 0 Å². The fourth-order valence-corrected chi connectivity index (χ4v) is 4.57. The third kappa shape index (κ3) is 15.9. The first kappa shape index (κ1) is 43.9. The topological polar surface area (TPSA) is 267 Å². The number of carbonyl (C=O) groups excluding carboxylic acids is 6. The highest BCUT2D eigenvalue weighted by Gasteiger charge is 2.34. The highest BCUT2D eigenvalue weighted by Crippen LogP contribution is 2.11. The number of amides is 5. The number of nitrogens with zero attached hydrogens (tertiary/aromatic N) is 1. The molecule has 2 aromatic carbocycles. The van der Waals surface area contributed by atoms with Gasteiger partial charge in [-0.2, -0.15) is 0 Å². The van der Waals surface area contributed by atoms with E-state index in [1.54, 1.807) is 74.5 Å². The summed E-state index contributed by atoms with van der Waals surface area (Å²) in [6.07, 6.45) is -1.97. The largest absolute Gasteiger partial charge is 0.481 e. The molecule has 0 saturated heterocycles. The number of esters is 1. The van der Waals surface area contributed by atoms with Crippen molar-refractivity contribution in [3.63, 3.8) is 0 Å². The maximum absolute atomic E-state index is 13.4. The van der Waals surface area contributed by atoms with Crippen molar-refractivity contribution in [3.05, 3.63) is 83.9 Å². The molecule has 0 fully saturated rings. The Morgan fingerprint density at radius 2 is 1.30 bits per heavy atom. The van der Waals surface area contributed by atoms with E-state index in [0.29, 0.717) is 34.7 Å². The Balaban J connectivity index is 2.16. The summed E-state index contributed by atoms with van der Waals surface area (Å²) in [6.45, 7) is 3.16. The summed E-state index contributed by atoms with van der Waals surface area (Å²) in [6, 6.07) is 12.6. The van der Waals surface area contributed by atoms with Crippen molar-refractivity contribution >= 4 is 47.6 Å². The van der Waals surface area contributed by atoms with Crippen LogP contribution in [0.5, 0.6) is 0 Å². The van der Waals surface area contributed by atoms with Crippen LogP contribution in [-0.4, -0.2) is 98.7 Å². The molecule has 292 valence electrons. The van der Waals surface area contributed by atoms with E-state index in [0.717, 1.165) is 6.92 Å². The molecule has 18 heteroatoms. The second-order valence-corrected chi connectivity index (χ2v) is 12.0. The number of hydrazine groups is 1. The zero-order valence-electron chi connectivity index (χ0n) is 29.9. The number of benzene rings is 2. The van der Waals surface area contributed by atoms with Crippen LogP contribution in [-0.2, 0) is 56.2 Å². The van der Waals surface area contributed by atoms with Crippen molar-refractivity contribution in [2.24, 2.45) is 5.92 Å². The SMILES string of the molecule is CC[C@H](C)[C@H](NC(=O)OCc1ccccc1)C(=O)N[C@@H](CCC(=O)O)C(=O)N[C@H](C(=O)NN(CC(=O)O)C(=O)/C=C/C(=O)OCc1ccccc1)[C@@H](C)O. The number of aliphatic hydroxyl groups is 1. The van der Waals surface area contributed by atoms with Gasteiger partial charge in [0.25, 0.3) is 11.8 Å². The molecule has 7 N–H and O–H groups in total. The Morgan fingerprint density at radius 1 is 0.722 bits per heavy atom. The number of nitrogens with one attached hydrogen (secondary N) is 4. The minimum Gasteiger partial charge on any atom is -0.481 e. The summed E-state index contributed by atoms with van der Waals surface area (Å²) in [5, 5.41) is 36.3. The van der Waals surface area contributed by atoms with Gasteiger partial charge >= 0.3 is 24.0 Å². The molecule has 5 amide bonds. The molecule has 54 heavy (non-hydrogen) atoms. The van der Waals surface area contributed by atoms with Crippen molar-refractivity contribution in [1.29, 1.82) is 0 Å². The fourth-order valence-electron chi connectivity index (χ4n) is 4.57. The van der Waals surface area contributed by atoms with E-state index in [9.17, 15) is 53.7 Å². The van der Waals surface area contributed by atoms with Gasteiger partial charge in [-0.1, -0.05) is 80.9 Å². The summed E-state index contributed by atoms with van der Waals surface area (Å²) in [5.41, 5.74) is 3.32. The Kier molecular flexibility index (Phi) is 18.4. The van der Waals surface area contributed by atoms with Gasteiger partial charge in [0.1, 0.15) is 37.9 Å². The average Bonchev–Trinajstić information content (AvgIpc) is 3.14. The van der Waals surface area contributed by atoms with Crippen molar-refractivity contribution in [2.45, 2.75) is 77.5 Å². The molecular weight excluding hydrogens is 710 g/mol. The lowest BCUT2D eigenvalue weighted by atomic mass is 9.97. The van der Waals surface area contributed by atoms with Crippen molar-refractivity contribution < 1.29 is 63.1 Å². The van der Waals surface area contributed by atoms with E-state index in [4.69, 9.17) is 9.47 Å². The molecule has 0 unspecified atom stereocenters. The quantitative estimate of drug-likeness (QED) is 0.0561. The van der Waals surface area contributed by atoms with Crippen LogP contribution in [0.3, 0.4) is 0 Å². The highest BCUT2D eigenvalue weighted by molar-refractivity contribution is 5.98. The number of ether oxygens (including phenoxy) is 2. The zero-order chi connectivity index (χ0) is 40.2. The Morgan fingerprint density at radius 3 is 1.81 bits per heavy atom. The summed E-state index contributed by atoms with van der Waals surface area (Å²) in [7, 11) is 0. The zero-order valence-corrected chi connectivity index (χ0v) is 29.9. The predicted molar refractivity (Wildman–Crippen MR) is 188 cm³/mol. The third-order valence-electron chi connectivity index (χ3n) is 7.71. The van der Waals surface area contributed by atoms with Gasteiger partial charge in [-0.25, -0.2) is 14.6 Å². The molecule has 18 nitrogen and oxygen atoms in total. The second kappa shape index (κ2) is 22.6. The Labute approximate surface area is 310 Å². The molecule has 0 bridgehead atoms. The van der Waals surface area contributed by atoms with Crippen LogP contribution in [0.15, 0.2) is 72.8 Å². The Bertz CT molecular complexity index is 1640. The summed E-state index contributed by atoms with van der Waals surface area (Å²) < 4.78 is 10.2. The highest BCUT2D eigenvalue weighted by atomic mass is 16.5. The standard InChI is InChI=1S/C36H45N5O13/c1-4-22(2)31(39-36(52)54-21-25-13-9-6-10-14-25)34(50)37-26(15-17-28(44)45)33(49)38-32(23(3)42)35(51)40-41(19-29(46)47)27(43)16-18-30(48)53-20-24-11-7-5-8-12-24/h5-14,16,18,22-23,26,31-32,42H,4,15,17,19-21H2,1-3H3,(H,37,50)(H,38,49)(H,39,52)(H,40,51)(H,44,45)(H,46,47)/b18-16+/t22-,23+,26-,31-,32-/m0/s1. The molecule has 0 heterocycles. The molecule has 0 aliphatic rings. The molecule has 0 spiro atoms. The number of hydrogen-bond acceptors (Lipinski definition) is 11. The van der Waals surface area contributed by atoms with Crippen LogP contribution < -0.4 is 21.4 Å².